The van der Waals surface area contributed by atoms with E-state index in [2.05, 4.69) is 0 Å². The molecule has 0 saturated carbocycles. The Balaban J connectivity index is 2.23. The zero-order chi connectivity index (χ0) is 14.0. The smallest absolute Gasteiger partial charge is 0.326 e. The molecule has 5 nitrogen and oxygen atoms in total. The second-order valence-corrected chi connectivity index (χ2v) is 5.14. The first kappa shape index (κ1) is 13.8. The van der Waals surface area contributed by atoms with Gasteiger partial charge in [0.05, 0.1) is 0 Å². The van der Waals surface area contributed by atoms with Crippen molar-refractivity contribution in [3.63, 3.8) is 0 Å². The zero-order valence-corrected chi connectivity index (χ0v) is 11.1. The minimum atomic E-state index is -1.09. The quantitative estimate of drug-likeness (QED) is 0.770. The van der Waals surface area contributed by atoms with E-state index in [1.165, 1.54) is 0 Å². The molecular weight excluding hydrogens is 246 g/mol. The lowest BCUT2D eigenvalue weighted by Gasteiger charge is -2.23. The standard InChI is InChI=1S/C14H19NO4/c1-2-3-8-11(14(18)19)15-12(16)9-6-4-5-7-10(9)13(15)17/h11H,2-8H2,1H3,(H,18,19). The highest BCUT2D eigenvalue weighted by Crippen LogP contribution is 2.34. The molecule has 0 radical (unpaired) electrons. The summed E-state index contributed by atoms with van der Waals surface area (Å²) in [7, 11) is 0. The van der Waals surface area contributed by atoms with Gasteiger partial charge in [-0.05, 0) is 32.1 Å². The number of carbonyl (C=O) groups excluding carboxylic acids is 2. The molecular formula is C14H19NO4. The van der Waals surface area contributed by atoms with E-state index in [0.717, 1.165) is 24.2 Å². The minimum absolute atomic E-state index is 0.337. The van der Waals surface area contributed by atoms with Crippen LogP contribution >= 0.6 is 0 Å². The van der Waals surface area contributed by atoms with Crippen LogP contribution in [0.4, 0.5) is 0 Å². The number of unbranched alkanes of at least 4 members (excludes halogenated alkanes) is 1. The Morgan fingerprint density at radius 2 is 1.74 bits per heavy atom. The van der Waals surface area contributed by atoms with Crippen LogP contribution < -0.4 is 0 Å². The van der Waals surface area contributed by atoms with Crippen LogP contribution in [0.2, 0.25) is 0 Å². The van der Waals surface area contributed by atoms with E-state index in [1.807, 2.05) is 6.92 Å². The molecule has 2 aliphatic rings. The summed E-state index contributed by atoms with van der Waals surface area (Å²) in [4.78, 5) is 36.8. The SMILES string of the molecule is CCCCC(C(=O)O)N1C(=O)C2=C(CCCC2)C1=O. The molecule has 0 aromatic rings. The van der Waals surface area contributed by atoms with Crippen LogP contribution in [0.25, 0.3) is 0 Å². The van der Waals surface area contributed by atoms with Crippen molar-refractivity contribution in [2.45, 2.75) is 57.9 Å². The lowest BCUT2D eigenvalue weighted by Crippen LogP contribution is -2.45. The number of carboxylic acid groups (broad SMARTS) is 1. The van der Waals surface area contributed by atoms with E-state index >= 15 is 0 Å². The molecule has 1 aliphatic heterocycles. The van der Waals surface area contributed by atoms with E-state index in [1.54, 1.807) is 0 Å². The molecule has 1 unspecified atom stereocenters. The van der Waals surface area contributed by atoms with Crippen molar-refractivity contribution in [3.8, 4) is 0 Å². The topological polar surface area (TPSA) is 74.7 Å². The number of imide groups is 1. The average Bonchev–Trinajstić information content (AvgIpc) is 2.64. The maximum atomic E-state index is 12.2. The first-order valence-electron chi connectivity index (χ1n) is 6.90. The summed E-state index contributed by atoms with van der Waals surface area (Å²) >= 11 is 0. The van der Waals surface area contributed by atoms with Crippen LogP contribution in [0.15, 0.2) is 11.1 Å². The van der Waals surface area contributed by atoms with E-state index < -0.39 is 12.0 Å². The molecule has 0 saturated heterocycles. The number of hydrogen-bond donors (Lipinski definition) is 1. The number of carboxylic acids is 1. The fourth-order valence-corrected chi connectivity index (χ4v) is 2.80. The third kappa shape index (κ3) is 2.41. The van der Waals surface area contributed by atoms with Crippen molar-refractivity contribution in [2.24, 2.45) is 0 Å². The number of rotatable bonds is 5. The summed E-state index contributed by atoms with van der Waals surface area (Å²) in [6.45, 7) is 1.95. The molecule has 0 spiro atoms. The van der Waals surface area contributed by atoms with Gasteiger partial charge < -0.3 is 5.11 Å². The summed E-state index contributed by atoms with van der Waals surface area (Å²) in [5.41, 5.74) is 1.11. The highest BCUT2D eigenvalue weighted by atomic mass is 16.4. The number of hydrogen-bond acceptors (Lipinski definition) is 3. The minimum Gasteiger partial charge on any atom is -0.480 e. The number of amides is 2. The molecule has 2 rings (SSSR count). The predicted octanol–water partition coefficient (Wildman–Crippen LogP) is 1.87. The lowest BCUT2D eigenvalue weighted by molar-refractivity contribution is -0.154. The van der Waals surface area contributed by atoms with Gasteiger partial charge in [0.25, 0.3) is 11.8 Å². The molecule has 0 bridgehead atoms. The van der Waals surface area contributed by atoms with Crippen molar-refractivity contribution in [1.29, 1.82) is 0 Å². The highest BCUT2D eigenvalue weighted by Gasteiger charge is 2.44. The largest absolute Gasteiger partial charge is 0.480 e. The Hall–Kier alpha value is -1.65. The van der Waals surface area contributed by atoms with Crippen molar-refractivity contribution in [2.75, 3.05) is 0 Å². The van der Waals surface area contributed by atoms with Crippen molar-refractivity contribution >= 4 is 17.8 Å². The summed E-state index contributed by atoms with van der Waals surface area (Å²) in [6, 6.07) is -1.01. The van der Waals surface area contributed by atoms with Gasteiger partial charge in [0.1, 0.15) is 6.04 Å². The first-order valence-corrected chi connectivity index (χ1v) is 6.90. The fourth-order valence-electron chi connectivity index (χ4n) is 2.80. The van der Waals surface area contributed by atoms with Gasteiger partial charge in [-0.25, -0.2) is 4.79 Å². The van der Waals surface area contributed by atoms with Crippen LogP contribution in [0.3, 0.4) is 0 Å². The number of aliphatic carboxylic acids is 1. The molecule has 1 N–H and O–H groups in total. The lowest BCUT2D eigenvalue weighted by atomic mass is 9.93. The van der Waals surface area contributed by atoms with Gasteiger partial charge >= 0.3 is 5.97 Å². The molecule has 0 fully saturated rings. The van der Waals surface area contributed by atoms with Gasteiger partial charge in [0, 0.05) is 11.1 Å². The molecule has 0 aromatic carbocycles. The Morgan fingerprint density at radius 1 is 1.21 bits per heavy atom. The summed E-state index contributed by atoms with van der Waals surface area (Å²) in [5, 5.41) is 9.26. The molecule has 0 aromatic heterocycles. The van der Waals surface area contributed by atoms with E-state index in [-0.39, 0.29) is 11.8 Å². The van der Waals surface area contributed by atoms with Gasteiger partial charge in [-0.2, -0.15) is 0 Å². The van der Waals surface area contributed by atoms with Crippen molar-refractivity contribution in [3.05, 3.63) is 11.1 Å². The highest BCUT2D eigenvalue weighted by molar-refractivity contribution is 6.20. The fraction of sp³-hybridized carbons (Fsp3) is 0.643. The second kappa shape index (κ2) is 5.55. The molecule has 1 aliphatic carbocycles. The summed E-state index contributed by atoms with van der Waals surface area (Å²) in [6.07, 6.45) is 4.89. The molecule has 1 atom stereocenters. The molecule has 104 valence electrons. The first-order chi connectivity index (χ1) is 9.07. The van der Waals surface area contributed by atoms with Gasteiger partial charge in [-0.3, -0.25) is 14.5 Å². The monoisotopic (exact) mass is 265 g/mol. The Labute approximate surface area is 112 Å². The van der Waals surface area contributed by atoms with Crippen LogP contribution in [0.1, 0.15) is 51.9 Å². The van der Waals surface area contributed by atoms with E-state index in [4.69, 9.17) is 0 Å². The van der Waals surface area contributed by atoms with Crippen LogP contribution in [-0.2, 0) is 14.4 Å². The van der Waals surface area contributed by atoms with Crippen molar-refractivity contribution in [1.82, 2.24) is 4.90 Å². The maximum Gasteiger partial charge on any atom is 0.326 e. The number of nitrogens with zero attached hydrogens (tertiary/aromatic N) is 1. The normalized spacial score (nSPS) is 20.8. The third-order valence-electron chi connectivity index (χ3n) is 3.85. The van der Waals surface area contributed by atoms with Gasteiger partial charge in [-0.1, -0.05) is 19.8 Å². The average molecular weight is 265 g/mol. The van der Waals surface area contributed by atoms with Crippen LogP contribution in [0.5, 0.6) is 0 Å². The molecule has 5 heteroatoms. The van der Waals surface area contributed by atoms with Crippen LogP contribution in [0, 0.1) is 0 Å². The Bertz CT molecular complexity index is 424. The van der Waals surface area contributed by atoms with Gasteiger partial charge in [0.2, 0.25) is 0 Å². The van der Waals surface area contributed by atoms with Crippen molar-refractivity contribution < 1.29 is 19.5 Å². The molecule has 1 heterocycles. The van der Waals surface area contributed by atoms with Gasteiger partial charge in [-0.15, -0.1) is 0 Å². The van der Waals surface area contributed by atoms with E-state index in [0.29, 0.717) is 36.8 Å². The Morgan fingerprint density at radius 3 is 2.16 bits per heavy atom. The maximum absolute atomic E-state index is 12.2. The van der Waals surface area contributed by atoms with E-state index in [9.17, 15) is 19.5 Å². The molecule has 19 heavy (non-hydrogen) atoms. The third-order valence-corrected chi connectivity index (χ3v) is 3.85. The second-order valence-electron chi connectivity index (χ2n) is 5.14. The predicted molar refractivity (Wildman–Crippen MR) is 68.3 cm³/mol. The summed E-state index contributed by atoms with van der Waals surface area (Å²) < 4.78 is 0. The zero-order valence-electron chi connectivity index (χ0n) is 11.1. The van der Waals surface area contributed by atoms with Gasteiger partial charge in [0.15, 0.2) is 0 Å². The summed E-state index contributed by atoms with van der Waals surface area (Å²) in [5.74, 6) is -1.83. The Kier molecular flexibility index (Phi) is 4.02. The molecule has 2 amide bonds. The van der Waals surface area contributed by atoms with Crippen LogP contribution in [-0.4, -0.2) is 33.8 Å². The number of carbonyl (C=O) groups is 3.